The predicted octanol–water partition coefficient (Wildman–Crippen LogP) is 1.86. The molecule has 6 heteroatoms. The molecule has 0 saturated heterocycles. The van der Waals surface area contributed by atoms with E-state index in [-0.39, 0.29) is 41.2 Å². The summed E-state index contributed by atoms with van der Waals surface area (Å²) in [7, 11) is 0. The number of allylic oxidation sites excluding steroid dienone is 1. The maximum Gasteiger partial charge on any atom is 0.269 e. The Balaban J connectivity index is 2.68. The highest BCUT2D eigenvalue weighted by molar-refractivity contribution is 6.25. The number of aryl methyl sites for hydroxylation is 1. The molecule has 0 amide bonds. The molecule has 1 aromatic heterocycles. The van der Waals surface area contributed by atoms with Crippen LogP contribution < -0.4 is 5.56 Å². The van der Waals surface area contributed by atoms with Crippen LogP contribution in [0, 0.1) is 13.8 Å². The van der Waals surface area contributed by atoms with E-state index in [1.807, 2.05) is 6.92 Å². The van der Waals surface area contributed by atoms with Crippen LogP contribution >= 0.6 is 0 Å². The molecule has 1 aliphatic carbocycles. The lowest BCUT2D eigenvalue weighted by Crippen LogP contribution is -2.28. The summed E-state index contributed by atoms with van der Waals surface area (Å²) in [4.78, 5) is 36.0. The number of carbonyl (C=O) groups is 2. The maximum absolute atomic E-state index is 12.1. The van der Waals surface area contributed by atoms with E-state index in [2.05, 4.69) is 5.10 Å². The topological polar surface area (TPSA) is 89.3 Å². The number of Topliss-reactive ketones (excluding diaryl/α,β-unsaturated/α-hetero) is 2. The van der Waals surface area contributed by atoms with Crippen molar-refractivity contribution in [3.05, 3.63) is 32.7 Å². The first kappa shape index (κ1) is 16.1. The Bertz CT molecular complexity index is 710. The summed E-state index contributed by atoms with van der Waals surface area (Å²) in [5.41, 5.74) is 0.698. The molecular weight excluding hydrogens is 284 g/mol. The van der Waals surface area contributed by atoms with Crippen LogP contribution in [0.4, 0.5) is 0 Å². The first-order chi connectivity index (χ1) is 10.4. The number of nitrogens with zero attached hydrogens (tertiary/aromatic N) is 2. The van der Waals surface area contributed by atoms with Gasteiger partial charge in [-0.05, 0) is 32.3 Å². The molecule has 1 aromatic rings. The van der Waals surface area contributed by atoms with Crippen molar-refractivity contribution in [1.82, 2.24) is 9.78 Å². The average molecular weight is 304 g/mol. The van der Waals surface area contributed by atoms with Crippen LogP contribution in [0.2, 0.25) is 0 Å². The molecule has 2 rings (SSSR count). The monoisotopic (exact) mass is 304 g/mol. The summed E-state index contributed by atoms with van der Waals surface area (Å²) in [6.07, 6.45) is 1.72. The van der Waals surface area contributed by atoms with Gasteiger partial charge in [-0.2, -0.15) is 5.10 Å². The van der Waals surface area contributed by atoms with Crippen LogP contribution in [-0.4, -0.2) is 26.5 Å². The fourth-order valence-electron chi connectivity index (χ4n) is 2.56. The molecule has 6 nitrogen and oxygen atoms in total. The second kappa shape index (κ2) is 6.25. The minimum Gasteiger partial charge on any atom is -0.505 e. The van der Waals surface area contributed by atoms with Gasteiger partial charge in [-0.15, -0.1) is 0 Å². The van der Waals surface area contributed by atoms with Crippen molar-refractivity contribution in [1.29, 1.82) is 0 Å². The highest BCUT2D eigenvalue weighted by Gasteiger charge is 2.29. The summed E-state index contributed by atoms with van der Waals surface area (Å²) in [5.74, 6) is -1.12. The van der Waals surface area contributed by atoms with Gasteiger partial charge in [-0.25, -0.2) is 4.68 Å². The third-order valence-electron chi connectivity index (χ3n) is 3.96. The van der Waals surface area contributed by atoms with Crippen LogP contribution in [0.25, 0.3) is 5.76 Å². The number of hydrogen-bond donors (Lipinski definition) is 1. The van der Waals surface area contributed by atoms with Crippen LogP contribution in [-0.2, 0) is 16.1 Å². The van der Waals surface area contributed by atoms with Crippen LogP contribution in [0.3, 0.4) is 0 Å². The molecule has 1 N–H and O–H groups in total. The molecular formula is C16H20N2O4. The van der Waals surface area contributed by atoms with Crippen molar-refractivity contribution in [2.24, 2.45) is 0 Å². The van der Waals surface area contributed by atoms with E-state index >= 15 is 0 Å². The smallest absolute Gasteiger partial charge is 0.269 e. The molecule has 1 saturated carbocycles. The van der Waals surface area contributed by atoms with Gasteiger partial charge in [-0.3, -0.25) is 14.4 Å². The number of carbonyl (C=O) groups excluding carboxylic acids is 2. The van der Waals surface area contributed by atoms with Crippen LogP contribution in [0.5, 0.6) is 0 Å². The van der Waals surface area contributed by atoms with Crippen molar-refractivity contribution in [2.45, 2.75) is 53.0 Å². The minimum absolute atomic E-state index is 0.143. The van der Waals surface area contributed by atoms with Gasteiger partial charge in [0.15, 0.2) is 17.3 Å². The number of ketones is 2. The number of hydrogen-bond acceptors (Lipinski definition) is 5. The van der Waals surface area contributed by atoms with Gasteiger partial charge in [-0.1, -0.05) is 6.92 Å². The van der Waals surface area contributed by atoms with Crippen molar-refractivity contribution in [3.8, 4) is 0 Å². The Hall–Kier alpha value is -2.24. The van der Waals surface area contributed by atoms with Crippen molar-refractivity contribution >= 4 is 17.3 Å². The lowest BCUT2D eigenvalue weighted by molar-refractivity contribution is -0.123. The number of rotatable bonds is 3. The van der Waals surface area contributed by atoms with Crippen molar-refractivity contribution in [3.63, 3.8) is 0 Å². The number of aliphatic hydroxyl groups is 1. The molecule has 118 valence electrons. The Morgan fingerprint density at radius 2 is 1.73 bits per heavy atom. The third-order valence-corrected chi connectivity index (χ3v) is 3.96. The fraction of sp³-hybridized carbons (Fsp3) is 0.500. The van der Waals surface area contributed by atoms with Crippen molar-refractivity contribution < 1.29 is 14.7 Å². The quantitative estimate of drug-likeness (QED) is 0.523. The number of aliphatic hydroxyl groups excluding tert-OH is 1. The predicted molar refractivity (Wildman–Crippen MR) is 81.7 cm³/mol. The first-order valence-electron chi connectivity index (χ1n) is 7.46. The van der Waals surface area contributed by atoms with Crippen LogP contribution in [0.15, 0.2) is 10.4 Å². The minimum atomic E-state index is -0.403. The van der Waals surface area contributed by atoms with Gasteiger partial charge in [0.2, 0.25) is 0 Å². The maximum atomic E-state index is 12.1. The van der Waals surface area contributed by atoms with E-state index in [4.69, 9.17) is 0 Å². The van der Waals surface area contributed by atoms with Crippen LogP contribution in [0.1, 0.15) is 49.4 Å². The molecule has 0 aromatic carbocycles. The molecule has 1 aliphatic rings. The van der Waals surface area contributed by atoms with Gasteiger partial charge < -0.3 is 5.11 Å². The molecule has 0 atom stereocenters. The summed E-state index contributed by atoms with van der Waals surface area (Å²) in [6, 6.07) is 0. The SMILES string of the molecule is CCCn1nc(C(O)=C2C(=O)CCCC2=O)c(C)c(C)c1=O. The highest BCUT2D eigenvalue weighted by atomic mass is 16.3. The largest absolute Gasteiger partial charge is 0.505 e. The van der Waals surface area contributed by atoms with Gasteiger partial charge in [0.05, 0.1) is 0 Å². The lowest BCUT2D eigenvalue weighted by atomic mass is 9.90. The van der Waals surface area contributed by atoms with Gasteiger partial charge in [0.1, 0.15) is 11.3 Å². The summed E-state index contributed by atoms with van der Waals surface area (Å²) in [6.45, 7) is 5.63. The summed E-state index contributed by atoms with van der Waals surface area (Å²) >= 11 is 0. The Labute approximate surface area is 128 Å². The summed E-state index contributed by atoms with van der Waals surface area (Å²) in [5, 5.41) is 14.6. The highest BCUT2D eigenvalue weighted by Crippen LogP contribution is 2.25. The van der Waals surface area contributed by atoms with Gasteiger partial charge in [0.25, 0.3) is 5.56 Å². The molecule has 0 bridgehead atoms. The van der Waals surface area contributed by atoms with Gasteiger partial charge in [0, 0.05) is 24.9 Å². The molecule has 1 heterocycles. The first-order valence-corrected chi connectivity index (χ1v) is 7.46. The fourth-order valence-corrected chi connectivity index (χ4v) is 2.56. The molecule has 0 aliphatic heterocycles. The summed E-state index contributed by atoms with van der Waals surface area (Å²) < 4.78 is 1.27. The van der Waals surface area contributed by atoms with E-state index in [1.165, 1.54) is 4.68 Å². The van der Waals surface area contributed by atoms with Gasteiger partial charge >= 0.3 is 0 Å². The normalized spacial score (nSPS) is 15.3. The van der Waals surface area contributed by atoms with E-state index < -0.39 is 5.76 Å². The zero-order chi connectivity index (χ0) is 16.4. The molecule has 1 fully saturated rings. The molecule has 22 heavy (non-hydrogen) atoms. The zero-order valence-corrected chi connectivity index (χ0v) is 13.1. The standard InChI is InChI=1S/C16H20N2O4/c1-4-8-18-16(22)10(3)9(2)14(17-18)15(21)13-11(19)6-5-7-12(13)20/h21H,4-8H2,1-3H3. The molecule has 0 spiro atoms. The van der Waals surface area contributed by atoms with E-state index in [9.17, 15) is 19.5 Å². The Morgan fingerprint density at radius 1 is 1.14 bits per heavy atom. The molecule has 0 radical (unpaired) electrons. The van der Waals surface area contributed by atoms with E-state index in [1.54, 1.807) is 13.8 Å². The Morgan fingerprint density at radius 3 is 2.27 bits per heavy atom. The zero-order valence-electron chi connectivity index (χ0n) is 13.1. The second-order valence-electron chi connectivity index (χ2n) is 5.55. The average Bonchev–Trinajstić information content (AvgIpc) is 2.47. The van der Waals surface area contributed by atoms with E-state index in [0.717, 1.165) is 0 Å². The molecule has 0 unspecified atom stereocenters. The Kier molecular flexibility index (Phi) is 4.59. The van der Waals surface area contributed by atoms with E-state index in [0.29, 0.717) is 30.5 Å². The second-order valence-corrected chi connectivity index (χ2v) is 5.55. The lowest BCUT2D eigenvalue weighted by Gasteiger charge is -2.16. The number of aromatic nitrogens is 2. The van der Waals surface area contributed by atoms with Crippen molar-refractivity contribution in [2.75, 3.05) is 0 Å². The third kappa shape index (κ3) is 2.73.